The number of halogens is 3. The predicted octanol–water partition coefficient (Wildman–Crippen LogP) is 2.67. The normalized spacial score (nSPS) is 11.3. The van der Waals surface area contributed by atoms with Gasteiger partial charge in [-0.25, -0.2) is 0 Å². The second-order valence-corrected chi connectivity index (χ2v) is 3.77. The molecule has 2 aromatic rings. The van der Waals surface area contributed by atoms with E-state index in [2.05, 4.69) is 14.9 Å². The fraction of sp³-hybridized carbons (Fsp3) is 0.167. The van der Waals surface area contributed by atoms with Gasteiger partial charge in [-0.15, -0.1) is 10.2 Å². The van der Waals surface area contributed by atoms with Crippen LogP contribution in [0.3, 0.4) is 0 Å². The molecule has 0 spiro atoms. The molecule has 0 bridgehead atoms. The third-order valence-electron chi connectivity index (χ3n) is 2.24. The van der Waals surface area contributed by atoms with Gasteiger partial charge in [-0.3, -0.25) is 0 Å². The van der Waals surface area contributed by atoms with Crippen LogP contribution in [-0.2, 0) is 0 Å². The van der Waals surface area contributed by atoms with Crippen molar-refractivity contribution in [1.29, 1.82) is 0 Å². The highest BCUT2D eigenvalue weighted by atomic mass is 19.4. The summed E-state index contributed by atoms with van der Waals surface area (Å²) in [5.74, 6) is 0.443. The third kappa shape index (κ3) is 3.84. The lowest BCUT2D eigenvalue weighted by atomic mass is 10.1. The van der Waals surface area contributed by atoms with E-state index >= 15 is 0 Å². The Morgan fingerprint density at radius 3 is 2.21 bits per heavy atom. The Kier molecular flexibility index (Phi) is 3.55. The number of benzene rings is 1. The predicted molar refractivity (Wildman–Crippen MR) is 63.4 cm³/mol. The first kappa shape index (κ1) is 13.1. The lowest BCUT2D eigenvalue weighted by Gasteiger charge is -2.09. The molecule has 0 aliphatic heterocycles. The first-order valence-corrected chi connectivity index (χ1v) is 5.33. The van der Waals surface area contributed by atoms with Gasteiger partial charge in [0.2, 0.25) is 0 Å². The van der Waals surface area contributed by atoms with E-state index in [9.17, 15) is 13.2 Å². The van der Waals surface area contributed by atoms with E-state index in [-0.39, 0.29) is 5.75 Å². The molecule has 100 valence electrons. The average molecular weight is 269 g/mol. The Hall–Kier alpha value is -2.31. The molecular weight excluding hydrogens is 259 g/mol. The molecule has 0 unspecified atom stereocenters. The molecule has 0 fully saturated rings. The first-order chi connectivity index (χ1) is 8.94. The largest absolute Gasteiger partial charge is 0.484 e. The Bertz CT molecular complexity index is 538. The van der Waals surface area contributed by atoms with Gasteiger partial charge in [-0.2, -0.15) is 13.2 Å². The molecule has 1 heterocycles. The molecule has 19 heavy (non-hydrogen) atoms. The second-order valence-electron chi connectivity index (χ2n) is 3.77. The molecule has 1 aromatic carbocycles. The molecule has 0 atom stereocenters. The van der Waals surface area contributed by atoms with Crippen molar-refractivity contribution in [2.45, 2.75) is 6.18 Å². The topological polar surface area (TPSA) is 61.0 Å². The maximum absolute atomic E-state index is 12.0. The van der Waals surface area contributed by atoms with Crippen LogP contribution < -0.4 is 10.5 Å². The van der Waals surface area contributed by atoms with Crippen LogP contribution >= 0.6 is 0 Å². The zero-order valence-electron chi connectivity index (χ0n) is 9.69. The zero-order valence-corrected chi connectivity index (χ0v) is 9.69. The van der Waals surface area contributed by atoms with E-state index in [0.29, 0.717) is 17.1 Å². The standard InChI is InChI=1S/C12H10F3N3O/c13-12(14,15)7-19-9-3-1-8(2-4-9)10-5-6-11(16)18-17-10/h1-6H,7H2,(H2,16,18). The van der Waals surface area contributed by atoms with Crippen LogP contribution in [0.15, 0.2) is 36.4 Å². The number of anilines is 1. The van der Waals surface area contributed by atoms with E-state index in [1.165, 1.54) is 12.1 Å². The van der Waals surface area contributed by atoms with Gasteiger partial charge in [0.25, 0.3) is 0 Å². The van der Waals surface area contributed by atoms with Crippen molar-refractivity contribution in [2.75, 3.05) is 12.3 Å². The molecule has 0 amide bonds. The number of nitrogen functional groups attached to an aromatic ring is 1. The summed E-state index contributed by atoms with van der Waals surface area (Å²) in [7, 11) is 0. The molecule has 2 rings (SSSR count). The number of alkyl halides is 3. The summed E-state index contributed by atoms with van der Waals surface area (Å²) in [4.78, 5) is 0. The lowest BCUT2D eigenvalue weighted by Crippen LogP contribution is -2.19. The van der Waals surface area contributed by atoms with Crippen molar-refractivity contribution >= 4 is 5.82 Å². The third-order valence-corrected chi connectivity index (χ3v) is 2.24. The second kappa shape index (κ2) is 5.13. The summed E-state index contributed by atoms with van der Waals surface area (Å²) < 4.78 is 40.5. The molecule has 0 saturated heterocycles. The van der Waals surface area contributed by atoms with E-state index in [4.69, 9.17) is 5.73 Å². The van der Waals surface area contributed by atoms with Gasteiger partial charge in [0.05, 0.1) is 5.69 Å². The van der Waals surface area contributed by atoms with Crippen LogP contribution in [0.25, 0.3) is 11.3 Å². The van der Waals surface area contributed by atoms with E-state index < -0.39 is 12.8 Å². The number of hydrogen-bond donors (Lipinski definition) is 1. The van der Waals surface area contributed by atoms with Crippen LogP contribution in [-0.4, -0.2) is 23.0 Å². The maximum Gasteiger partial charge on any atom is 0.422 e. The molecule has 0 aliphatic carbocycles. The monoisotopic (exact) mass is 269 g/mol. The van der Waals surface area contributed by atoms with E-state index in [0.717, 1.165) is 0 Å². The summed E-state index contributed by atoms with van der Waals surface area (Å²) in [6, 6.07) is 9.36. The fourth-order valence-electron chi connectivity index (χ4n) is 1.38. The minimum absolute atomic E-state index is 0.143. The minimum Gasteiger partial charge on any atom is -0.484 e. The molecule has 1 aromatic heterocycles. The number of hydrogen-bond acceptors (Lipinski definition) is 4. The van der Waals surface area contributed by atoms with Crippen molar-refractivity contribution < 1.29 is 17.9 Å². The number of rotatable bonds is 3. The molecule has 0 radical (unpaired) electrons. The van der Waals surface area contributed by atoms with Crippen molar-refractivity contribution in [3.63, 3.8) is 0 Å². The van der Waals surface area contributed by atoms with E-state index in [1.807, 2.05) is 0 Å². The highest BCUT2D eigenvalue weighted by Gasteiger charge is 2.28. The Labute approximate surface area is 107 Å². The summed E-state index contributed by atoms with van der Waals surface area (Å²) in [6.45, 7) is -1.31. The van der Waals surface area contributed by atoms with Gasteiger partial charge in [0.1, 0.15) is 11.6 Å². The van der Waals surface area contributed by atoms with Crippen LogP contribution in [0.4, 0.5) is 19.0 Å². The smallest absolute Gasteiger partial charge is 0.422 e. The average Bonchev–Trinajstić information content (AvgIpc) is 2.37. The molecule has 0 saturated carbocycles. The van der Waals surface area contributed by atoms with Crippen molar-refractivity contribution in [3.8, 4) is 17.0 Å². The molecule has 0 aliphatic rings. The highest BCUT2D eigenvalue weighted by Crippen LogP contribution is 2.22. The Balaban J connectivity index is 2.08. The van der Waals surface area contributed by atoms with Gasteiger partial charge >= 0.3 is 6.18 Å². The molecule has 7 heteroatoms. The number of nitrogens with two attached hydrogens (primary N) is 1. The van der Waals surface area contributed by atoms with Gasteiger partial charge in [-0.05, 0) is 36.4 Å². The summed E-state index contributed by atoms with van der Waals surface area (Å²) >= 11 is 0. The van der Waals surface area contributed by atoms with Crippen LogP contribution in [0.1, 0.15) is 0 Å². The van der Waals surface area contributed by atoms with Crippen molar-refractivity contribution in [1.82, 2.24) is 10.2 Å². The SMILES string of the molecule is Nc1ccc(-c2ccc(OCC(F)(F)F)cc2)nn1. The molecule has 4 nitrogen and oxygen atoms in total. The first-order valence-electron chi connectivity index (χ1n) is 5.33. The van der Waals surface area contributed by atoms with Crippen molar-refractivity contribution in [3.05, 3.63) is 36.4 Å². The van der Waals surface area contributed by atoms with Gasteiger partial charge in [0, 0.05) is 5.56 Å². The minimum atomic E-state index is -4.35. The van der Waals surface area contributed by atoms with Crippen LogP contribution in [0, 0.1) is 0 Å². The fourth-order valence-corrected chi connectivity index (χ4v) is 1.38. The van der Waals surface area contributed by atoms with E-state index in [1.54, 1.807) is 24.3 Å². The number of ether oxygens (including phenoxy) is 1. The lowest BCUT2D eigenvalue weighted by molar-refractivity contribution is -0.153. The summed E-state index contributed by atoms with van der Waals surface area (Å²) in [6.07, 6.45) is -4.35. The number of nitrogens with zero attached hydrogens (tertiary/aromatic N) is 2. The highest BCUT2D eigenvalue weighted by molar-refractivity contribution is 5.60. The number of aromatic nitrogens is 2. The quantitative estimate of drug-likeness (QED) is 0.930. The van der Waals surface area contributed by atoms with Crippen LogP contribution in [0.2, 0.25) is 0 Å². The van der Waals surface area contributed by atoms with Gasteiger partial charge in [0.15, 0.2) is 6.61 Å². The van der Waals surface area contributed by atoms with Crippen LogP contribution in [0.5, 0.6) is 5.75 Å². The van der Waals surface area contributed by atoms with Gasteiger partial charge < -0.3 is 10.5 Å². The van der Waals surface area contributed by atoms with Crippen molar-refractivity contribution in [2.24, 2.45) is 0 Å². The Morgan fingerprint density at radius 2 is 1.68 bits per heavy atom. The maximum atomic E-state index is 12.0. The summed E-state index contributed by atoms with van der Waals surface area (Å²) in [5, 5.41) is 7.56. The molecular formula is C12H10F3N3O. The van der Waals surface area contributed by atoms with Gasteiger partial charge in [-0.1, -0.05) is 0 Å². The zero-order chi connectivity index (χ0) is 13.9. The summed E-state index contributed by atoms with van der Waals surface area (Å²) in [5.41, 5.74) is 6.70. The molecule has 2 N–H and O–H groups in total. The Morgan fingerprint density at radius 1 is 1.00 bits per heavy atom.